The predicted molar refractivity (Wildman–Crippen MR) is 73.9 cm³/mol. The van der Waals surface area contributed by atoms with E-state index in [1.54, 1.807) is 6.07 Å². The summed E-state index contributed by atoms with van der Waals surface area (Å²) >= 11 is 6.91. The highest BCUT2D eigenvalue weighted by molar-refractivity contribution is 7.12. The molecule has 4 nitrogen and oxygen atoms in total. The molecular weight excluding hydrogens is 272 g/mol. The second-order valence-corrected chi connectivity index (χ2v) is 5.11. The van der Waals surface area contributed by atoms with Crippen LogP contribution in [0, 0.1) is 0 Å². The fourth-order valence-electron chi connectivity index (χ4n) is 1.23. The van der Waals surface area contributed by atoms with Gasteiger partial charge in [-0.15, -0.1) is 11.3 Å². The Labute approximate surface area is 115 Å². The largest absolute Gasteiger partial charge is 0.351 e. The van der Waals surface area contributed by atoms with Crippen molar-refractivity contribution in [2.45, 2.75) is 12.8 Å². The normalized spacial score (nSPS) is 9.83. The van der Waals surface area contributed by atoms with Gasteiger partial charge in [0.2, 0.25) is 5.91 Å². The van der Waals surface area contributed by atoms with E-state index < -0.39 is 0 Å². The molecule has 0 aliphatic rings. The summed E-state index contributed by atoms with van der Waals surface area (Å²) in [5.41, 5.74) is 0. The fraction of sp³-hybridized carbons (Fsp3) is 0.333. The number of amides is 2. The molecule has 0 radical (unpaired) electrons. The molecule has 6 heteroatoms. The van der Waals surface area contributed by atoms with Gasteiger partial charge < -0.3 is 10.6 Å². The van der Waals surface area contributed by atoms with E-state index in [9.17, 15) is 9.59 Å². The molecular formula is C12H15ClN2O2S. The number of rotatable bonds is 7. The highest BCUT2D eigenvalue weighted by Gasteiger charge is 2.06. The highest BCUT2D eigenvalue weighted by atomic mass is 35.5. The zero-order valence-corrected chi connectivity index (χ0v) is 11.4. The Morgan fingerprint density at radius 1 is 1.39 bits per heavy atom. The van der Waals surface area contributed by atoms with Crippen LogP contribution in [0.15, 0.2) is 29.1 Å². The van der Waals surface area contributed by atoms with Crippen molar-refractivity contribution in [1.82, 2.24) is 10.6 Å². The molecule has 2 N–H and O–H groups in total. The summed E-state index contributed by atoms with van der Waals surface area (Å²) in [7, 11) is 0. The SMILES string of the molecule is C=C(Cl)CNC(=O)CCCNC(=O)c1cccs1. The highest BCUT2D eigenvalue weighted by Crippen LogP contribution is 2.07. The summed E-state index contributed by atoms with van der Waals surface area (Å²) < 4.78 is 0. The molecule has 18 heavy (non-hydrogen) atoms. The van der Waals surface area contributed by atoms with Crippen molar-refractivity contribution < 1.29 is 9.59 Å². The molecule has 0 unspecified atom stereocenters. The van der Waals surface area contributed by atoms with Gasteiger partial charge in [0.05, 0.1) is 11.4 Å². The first-order valence-electron chi connectivity index (χ1n) is 5.51. The minimum Gasteiger partial charge on any atom is -0.351 e. The van der Waals surface area contributed by atoms with Crippen molar-refractivity contribution in [3.63, 3.8) is 0 Å². The van der Waals surface area contributed by atoms with Crippen molar-refractivity contribution in [2.24, 2.45) is 0 Å². The maximum Gasteiger partial charge on any atom is 0.261 e. The van der Waals surface area contributed by atoms with E-state index in [1.807, 2.05) is 11.4 Å². The van der Waals surface area contributed by atoms with E-state index in [2.05, 4.69) is 17.2 Å². The summed E-state index contributed by atoms with van der Waals surface area (Å²) in [5.74, 6) is -0.193. The number of hydrogen-bond acceptors (Lipinski definition) is 3. The van der Waals surface area contributed by atoms with Gasteiger partial charge in [-0.05, 0) is 17.9 Å². The number of halogens is 1. The molecule has 0 aliphatic heterocycles. The lowest BCUT2D eigenvalue weighted by Crippen LogP contribution is -2.27. The van der Waals surface area contributed by atoms with Crippen LogP contribution in [0.25, 0.3) is 0 Å². The number of thiophene rings is 1. The van der Waals surface area contributed by atoms with Crippen molar-refractivity contribution in [2.75, 3.05) is 13.1 Å². The van der Waals surface area contributed by atoms with Gasteiger partial charge in [-0.25, -0.2) is 0 Å². The van der Waals surface area contributed by atoms with E-state index >= 15 is 0 Å². The number of carbonyl (C=O) groups is 2. The van der Waals surface area contributed by atoms with Gasteiger partial charge in [0, 0.05) is 18.0 Å². The Kier molecular flexibility index (Phi) is 6.46. The van der Waals surface area contributed by atoms with Crippen LogP contribution in [0.1, 0.15) is 22.5 Å². The quantitative estimate of drug-likeness (QED) is 0.755. The number of carbonyl (C=O) groups excluding carboxylic acids is 2. The van der Waals surface area contributed by atoms with Gasteiger partial charge in [-0.3, -0.25) is 9.59 Å². The van der Waals surface area contributed by atoms with Crippen LogP contribution < -0.4 is 10.6 Å². The van der Waals surface area contributed by atoms with Crippen LogP contribution in [-0.4, -0.2) is 24.9 Å². The number of nitrogens with one attached hydrogen (secondary N) is 2. The Balaban J connectivity index is 2.10. The summed E-state index contributed by atoms with van der Waals surface area (Å²) in [4.78, 5) is 23.5. The standard InChI is InChI=1S/C12H15ClN2O2S/c1-9(13)8-15-11(16)5-2-6-14-12(17)10-4-3-7-18-10/h3-4,7H,1-2,5-6,8H2,(H,14,17)(H,15,16). The third-order valence-electron chi connectivity index (χ3n) is 2.09. The Morgan fingerprint density at radius 3 is 2.78 bits per heavy atom. The zero-order chi connectivity index (χ0) is 13.4. The molecule has 0 aromatic carbocycles. The van der Waals surface area contributed by atoms with E-state index in [4.69, 9.17) is 11.6 Å². The first kappa shape index (κ1) is 14.7. The zero-order valence-electron chi connectivity index (χ0n) is 9.87. The van der Waals surface area contributed by atoms with Crippen LogP contribution in [0.5, 0.6) is 0 Å². The molecule has 0 fully saturated rings. The van der Waals surface area contributed by atoms with Gasteiger partial charge in [-0.2, -0.15) is 0 Å². The monoisotopic (exact) mass is 286 g/mol. The maximum atomic E-state index is 11.5. The van der Waals surface area contributed by atoms with Gasteiger partial charge in [0.1, 0.15) is 0 Å². The Hall–Kier alpha value is -1.33. The molecule has 1 aromatic heterocycles. The molecule has 0 aliphatic carbocycles. The molecule has 1 aromatic rings. The number of hydrogen-bond donors (Lipinski definition) is 2. The lowest BCUT2D eigenvalue weighted by molar-refractivity contribution is -0.120. The minimum absolute atomic E-state index is 0.0952. The molecule has 0 spiro atoms. The van der Waals surface area contributed by atoms with Gasteiger partial charge in [0.15, 0.2) is 0 Å². The lowest BCUT2D eigenvalue weighted by atomic mass is 10.3. The molecule has 0 saturated heterocycles. The van der Waals surface area contributed by atoms with Gasteiger partial charge >= 0.3 is 0 Å². The Morgan fingerprint density at radius 2 is 2.17 bits per heavy atom. The summed E-state index contributed by atoms with van der Waals surface area (Å²) in [6, 6.07) is 3.59. The van der Waals surface area contributed by atoms with Crippen LogP contribution in [0.4, 0.5) is 0 Å². The predicted octanol–water partition coefficient (Wildman–Crippen LogP) is 2.13. The van der Waals surface area contributed by atoms with Crippen molar-refractivity contribution in [3.8, 4) is 0 Å². The van der Waals surface area contributed by atoms with E-state index in [0.717, 1.165) is 0 Å². The van der Waals surface area contributed by atoms with Crippen LogP contribution >= 0.6 is 22.9 Å². The van der Waals surface area contributed by atoms with E-state index in [1.165, 1.54) is 11.3 Å². The smallest absolute Gasteiger partial charge is 0.261 e. The molecule has 0 bridgehead atoms. The average Bonchev–Trinajstić information content (AvgIpc) is 2.85. The second kappa shape index (κ2) is 7.89. The van der Waals surface area contributed by atoms with Gasteiger partial charge in [0.25, 0.3) is 5.91 Å². The molecule has 2 amide bonds. The van der Waals surface area contributed by atoms with Crippen molar-refractivity contribution in [1.29, 1.82) is 0 Å². The van der Waals surface area contributed by atoms with Crippen LogP contribution in [0.3, 0.4) is 0 Å². The first-order chi connectivity index (χ1) is 8.59. The molecule has 1 heterocycles. The second-order valence-electron chi connectivity index (χ2n) is 3.63. The summed E-state index contributed by atoms with van der Waals surface area (Å²) in [5, 5.41) is 7.62. The minimum atomic E-state index is -0.0976. The third kappa shape index (κ3) is 5.84. The van der Waals surface area contributed by atoms with E-state index in [0.29, 0.717) is 29.3 Å². The molecule has 0 atom stereocenters. The van der Waals surface area contributed by atoms with Crippen molar-refractivity contribution in [3.05, 3.63) is 34.0 Å². The molecule has 1 rings (SSSR count). The van der Waals surface area contributed by atoms with Crippen LogP contribution in [-0.2, 0) is 4.79 Å². The fourth-order valence-corrected chi connectivity index (χ4v) is 1.94. The Bertz CT molecular complexity index is 418. The first-order valence-corrected chi connectivity index (χ1v) is 6.77. The van der Waals surface area contributed by atoms with Gasteiger partial charge in [-0.1, -0.05) is 24.2 Å². The summed E-state index contributed by atoms with van der Waals surface area (Å²) in [6.45, 7) is 4.23. The average molecular weight is 287 g/mol. The topological polar surface area (TPSA) is 58.2 Å². The third-order valence-corrected chi connectivity index (χ3v) is 3.09. The van der Waals surface area contributed by atoms with Crippen molar-refractivity contribution >= 4 is 34.8 Å². The van der Waals surface area contributed by atoms with E-state index in [-0.39, 0.29) is 18.4 Å². The lowest BCUT2D eigenvalue weighted by Gasteiger charge is -2.05. The van der Waals surface area contributed by atoms with Crippen LogP contribution in [0.2, 0.25) is 0 Å². The maximum absolute atomic E-state index is 11.5. The molecule has 98 valence electrons. The summed E-state index contributed by atoms with van der Waals surface area (Å²) in [6.07, 6.45) is 0.951. The molecule has 0 saturated carbocycles.